The minimum Gasteiger partial charge on any atom is -0.463 e. The lowest BCUT2D eigenvalue weighted by Crippen LogP contribution is -2.67. The second-order valence-electron chi connectivity index (χ2n) is 11.3. The summed E-state index contributed by atoms with van der Waals surface area (Å²) >= 11 is 0. The summed E-state index contributed by atoms with van der Waals surface area (Å²) in [7, 11) is 0. The van der Waals surface area contributed by atoms with Crippen LogP contribution in [0.5, 0.6) is 5.75 Å². The molecule has 0 saturated carbocycles. The van der Waals surface area contributed by atoms with Crippen LogP contribution in [0.15, 0.2) is 24.3 Å². The van der Waals surface area contributed by atoms with Crippen molar-refractivity contribution in [3.05, 3.63) is 24.3 Å². The number of esters is 7. The van der Waals surface area contributed by atoms with Crippen molar-refractivity contribution in [3.8, 4) is 5.75 Å². The predicted octanol–water partition coefficient (Wildman–Crippen LogP) is 0.267. The maximum Gasteiger partial charge on any atom is 0.303 e. The highest BCUT2D eigenvalue weighted by atomic mass is 16.8. The standard InChI is InChI=1S/C32H41NO18/c1-14(34)41-12-23-25(43-16(3)36)27(44-17(4)37)30(47-20(7)40)32(50-23)51-26-24(13-42-15(2)35)49-31(48-22-10-8-21(33)9-11-22)29(46-19(6)39)28(26)45-18(5)38/h8-11,23-32H,12-13,33H2,1-7H3/t23-,24-,25-,26-,27+,28+,29-,30-,31-,32+/m1/s1. The molecule has 2 aliphatic heterocycles. The maximum absolute atomic E-state index is 12.5. The summed E-state index contributed by atoms with van der Waals surface area (Å²) in [6.07, 6.45) is -15.7. The van der Waals surface area contributed by atoms with Gasteiger partial charge in [-0.15, -0.1) is 0 Å². The summed E-state index contributed by atoms with van der Waals surface area (Å²) in [5.41, 5.74) is 6.19. The van der Waals surface area contributed by atoms with E-state index in [2.05, 4.69) is 0 Å². The van der Waals surface area contributed by atoms with Crippen molar-refractivity contribution in [2.24, 2.45) is 0 Å². The smallest absolute Gasteiger partial charge is 0.303 e. The molecule has 1 aromatic carbocycles. The normalized spacial score (nSPS) is 28.6. The van der Waals surface area contributed by atoms with Crippen LogP contribution in [0.2, 0.25) is 0 Å². The Labute approximate surface area is 292 Å². The molecule has 10 atom stereocenters. The third kappa shape index (κ3) is 12.1. The largest absolute Gasteiger partial charge is 0.463 e. The number of carbonyl (C=O) groups is 7. The molecule has 2 N–H and O–H groups in total. The molecule has 0 aromatic heterocycles. The third-order valence-electron chi connectivity index (χ3n) is 7.02. The van der Waals surface area contributed by atoms with E-state index in [0.717, 1.165) is 48.5 Å². The first-order valence-electron chi connectivity index (χ1n) is 15.6. The molecule has 0 amide bonds. The van der Waals surface area contributed by atoms with E-state index in [1.54, 1.807) is 0 Å². The third-order valence-corrected chi connectivity index (χ3v) is 7.02. The molecule has 0 bridgehead atoms. The number of nitrogens with two attached hydrogens (primary N) is 1. The van der Waals surface area contributed by atoms with Crippen LogP contribution in [0.4, 0.5) is 5.69 Å². The van der Waals surface area contributed by atoms with Crippen LogP contribution in [0.1, 0.15) is 48.5 Å². The summed E-state index contributed by atoms with van der Waals surface area (Å²) in [6, 6.07) is 6.03. The number of nitrogen functional groups attached to an aromatic ring is 1. The minimum atomic E-state index is -1.80. The zero-order valence-electron chi connectivity index (χ0n) is 28.9. The fraction of sp³-hybridized carbons (Fsp3) is 0.594. The van der Waals surface area contributed by atoms with Gasteiger partial charge in [0.2, 0.25) is 12.4 Å². The van der Waals surface area contributed by atoms with E-state index >= 15 is 0 Å². The van der Waals surface area contributed by atoms with Gasteiger partial charge >= 0.3 is 41.8 Å². The highest BCUT2D eigenvalue weighted by molar-refractivity contribution is 5.69. The lowest BCUT2D eigenvalue weighted by atomic mass is 9.96. The first kappa shape index (κ1) is 40.4. The Balaban J connectivity index is 2.16. The molecule has 2 saturated heterocycles. The van der Waals surface area contributed by atoms with Gasteiger partial charge in [0.15, 0.2) is 30.7 Å². The van der Waals surface area contributed by atoms with Gasteiger partial charge in [-0.2, -0.15) is 0 Å². The Hall–Kier alpha value is -5.01. The second-order valence-corrected chi connectivity index (χ2v) is 11.3. The molecule has 19 heteroatoms. The second kappa shape index (κ2) is 18.3. The van der Waals surface area contributed by atoms with Crippen molar-refractivity contribution in [2.75, 3.05) is 18.9 Å². The van der Waals surface area contributed by atoms with Gasteiger partial charge < -0.3 is 57.8 Å². The van der Waals surface area contributed by atoms with E-state index in [1.807, 2.05) is 0 Å². The van der Waals surface area contributed by atoms with Gasteiger partial charge in [0.25, 0.3) is 0 Å². The minimum absolute atomic E-state index is 0.193. The van der Waals surface area contributed by atoms with Crippen molar-refractivity contribution >= 4 is 47.5 Å². The summed E-state index contributed by atoms with van der Waals surface area (Å²) in [5, 5.41) is 0. The molecule has 0 radical (unpaired) electrons. The summed E-state index contributed by atoms with van der Waals surface area (Å²) in [5.74, 6) is -5.71. The van der Waals surface area contributed by atoms with Crippen molar-refractivity contribution < 1.29 is 85.7 Å². The highest BCUT2D eigenvalue weighted by Crippen LogP contribution is 2.36. The molecule has 2 aliphatic rings. The van der Waals surface area contributed by atoms with E-state index in [0.29, 0.717) is 5.69 Å². The first-order valence-corrected chi connectivity index (χ1v) is 15.6. The molecular formula is C32H41NO18. The molecule has 0 aliphatic carbocycles. The first-order chi connectivity index (χ1) is 23.9. The highest BCUT2D eigenvalue weighted by Gasteiger charge is 2.58. The topological polar surface area (TPSA) is 247 Å². The summed E-state index contributed by atoms with van der Waals surface area (Å²) in [4.78, 5) is 85.4. The van der Waals surface area contributed by atoms with Gasteiger partial charge in [-0.1, -0.05) is 0 Å². The van der Waals surface area contributed by atoms with Crippen LogP contribution in [-0.2, 0) is 80.9 Å². The van der Waals surface area contributed by atoms with Gasteiger partial charge in [0.05, 0.1) is 0 Å². The summed E-state index contributed by atoms with van der Waals surface area (Å²) < 4.78 is 62.3. The number of anilines is 1. The zero-order valence-corrected chi connectivity index (χ0v) is 28.9. The molecule has 2 fully saturated rings. The zero-order chi connectivity index (χ0) is 38.0. The Morgan fingerprint density at radius 1 is 0.510 bits per heavy atom. The van der Waals surface area contributed by atoms with Crippen LogP contribution in [-0.4, -0.2) is 116 Å². The van der Waals surface area contributed by atoms with E-state index in [4.69, 9.17) is 57.8 Å². The maximum atomic E-state index is 12.5. The molecule has 19 nitrogen and oxygen atoms in total. The lowest BCUT2D eigenvalue weighted by molar-refractivity contribution is -0.354. The van der Waals surface area contributed by atoms with Gasteiger partial charge in [-0.3, -0.25) is 33.6 Å². The Morgan fingerprint density at radius 3 is 1.33 bits per heavy atom. The van der Waals surface area contributed by atoms with Crippen LogP contribution in [0.3, 0.4) is 0 Å². The van der Waals surface area contributed by atoms with Crippen molar-refractivity contribution in [3.63, 3.8) is 0 Å². The molecule has 51 heavy (non-hydrogen) atoms. The quantitative estimate of drug-likeness (QED) is 0.163. The summed E-state index contributed by atoms with van der Waals surface area (Å²) in [6.45, 7) is 6.33. The fourth-order valence-corrected chi connectivity index (χ4v) is 5.25. The molecular weight excluding hydrogens is 686 g/mol. The van der Waals surface area contributed by atoms with E-state index in [-0.39, 0.29) is 5.75 Å². The van der Waals surface area contributed by atoms with E-state index in [9.17, 15) is 33.6 Å². The van der Waals surface area contributed by atoms with Gasteiger partial charge in [-0.05, 0) is 24.3 Å². The van der Waals surface area contributed by atoms with Crippen LogP contribution >= 0.6 is 0 Å². The van der Waals surface area contributed by atoms with E-state index in [1.165, 1.54) is 24.3 Å². The predicted molar refractivity (Wildman–Crippen MR) is 165 cm³/mol. The van der Waals surface area contributed by atoms with Crippen molar-refractivity contribution in [2.45, 2.75) is 110 Å². The van der Waals surface area contributed by atoms with E-state index < -0.39 is 116 Å². The van der Waals surface area contributed by atoms with Crippen molar-refractivity contribution in [1.82, 2.24) is 0 Å². The number of hydrogen-bond acceptors (Lipinski definition) is 19. The molecule has 3 rings (SSSR count). The average Bonchev–Trinajstić information content (AvgIpc) is 3.00. The fourth-order valence-electron chi connectivity index (χ4n) is 5.25. The Kier molecular flexibility index (Phi) is 14.5. The average molecular weight is 728 g/mol. The molecule has 0 spiro atoms. The van der Waals surface area contributed by atoms with Crippen LogP contribution in [0.25, 0.3) is 0 Å². The number of rotatable bonds is 13. The van der Waals surface area contributed by atoms with Crippen LogP contribution in [0, 0.1) is 0 Å². The van der Waals surface area contributed by atoms with Gasteiger partial charge in [-0.25, -0.2) is 0 Å². The molecule has 0 unspecified atom stereocenters. The number of carbonyl (C=O) groups excluding carboxylic acids is 7. The molecule has 2 heterocycles. The molecule has 1 aromatic rings. The number of hydrogen-bond donors (Lipinski definition) is 1. The number of benzene rings is 1. The lowest BCUT2D eigenvalue weighted by Gasteiger charge is -2.48. The van der Waals surface area contributed by atoms with Gasteiger partial charge in [0.1, 0.15) is 37.3 Å². The number of ether oxygens (including phenoxy) is 11. The Morgan fingerprint density at radius 2 is 0.882 bits per heavy atom. The van der Waals surface area contributed by atoms with Crippen LogP contribution < -0.4 is 10.5 Å². The van der Waals surface area contributed by atoms with Gasteiger partial charge in [0, 0.05) is 54.2 Å². The SMILES string of the molecule is CC(=O)OC[C@H]1O[C@@H](O[C@H]2[C@H](OC(C)=O)[C@@H](OC(C)=O)[C@H](Oc3ccc(N)cc3)O[C@@H]2COC(C)=O)[C@H](OC(C)=O)[C@@H](OC(C)=O)[C@@H]1OC(C)=O. The monoisotopic (exact) mass is 727 g/mol. The molecule has 282 valence electrons. The van der Waals surface area contributed by atoms with Crippen molar-refractivity contribution in [1.29, 1.82) is 0 Å². The Bertz CT molecular complexity index is 1430.